The summed E-state index contributed by atoms with van der Waals surface area (Å²) in [6, 6.07) is 9.13. The molecule has 21 heavy (non-hydrogen) atoms. The Morgan fingerprint density at radius 2 is 2.19 bits per heavy atom. The molecule has 1 saturated heterocycles. The molecule has 1 aliphatic heterocycles. The monoisotopic (exact) mass is 290 g/mol. The van der Waals surface area contributed by atoms with E-state index in [2.05, 4.69) is 48.3 Å². The highest BCUT2D eigenvalue weighted by molar-refractivity contribution is 5.28. The minimum absolute atomic E-state index is 0.705. The number of hydrogen-bond acceptors (Lipinski definition) is 3. The van der Waals surface area contributed by atoms with Crippen LogP contribution in [0.2, 0.25) is 0 Å². The number of rotatable bonds is 7. The Kier molecular flexibility index (Phi) is 7.04. The maximum atomic E-state index is 5.95. The van der Waals surface area contributed by atoms with Crippen molar-refractivity contribution in [3.8, 4) is 5.75 Å². The molecule has 1 aromatic rings. The van der Waals surface area contributed by atoms with Crippen molar-refractivity contribution in [3.63, 3.8) is 0 Å². The molecule has 1 aromatic carbocycles. The van der Waals surface area contributed by atoms with Crippen LogP contribution in [0.5, 0.6) is 5.75 Å². The number of likely N-dealkylation sites (tertiary alicyclic amines) is 1. The van der Waals surface area contributed by atoms with Gasteiger partial charge in [-0.05, 0) is 50.6 Å². The number of benzene rings is 1. The first-order valence-electron chi connectivity index (χ1n) is 8.46. The highest BCUT2D eigenvalue weighted by Crippen LogP contribution is 2.17. The van der Waals surface area contributed by atoms with Gasteiger partial charge in [-0.1, -0.05) is 31.9 Å². The summed E-state index contributed by atoms with van der Waals surface area (Å²) >= 11 is 0. The van der Waals surface area contributed by atoms with E-state index < -0.39 is 0 Å². The Labute approximate surface area is 129 Å². The Bertz CT molecular complexity index is 408. The van der Waals surface area contributed by atoms with Crippen LogP contribution in [-0.4, -0.2) is 37.2 Å². The minimum atomic E-state index is 0.705. The maximum Gasteiger partial charge on any atom is 0.119 e. The molecule has 0 aromatic heterocycles. The lowest BCUT2D eigenvalue weighted by Crippen LogP contribution is -2.35. The SMILES string of the molecule is CCNCc1cccc(OCCN2CCCCCC2C)c1. The van der Waals surface area contributed by atoms with Gasteiger partial charge in [0.25, 0.3) is 0 Å². The Balaban J connectivity index is 1.77. The number of nitrogens with one attached hydrogen (secondary N) is 1. The van der Waals surface area contributed by atoms with E-state index in [-0.39, 0.29) is 0 Å². The average Bonchev–Trinajstić information content (AvgIpc) is 2.71. The summed E-state index contributed by atoms with van der Waals surface area (Å²) in [5.41, 5.74) is 1.29. The first-order chi connectivity index (χ1) is 10.3. The Hall–Kier alpha value is -1.06. The molecule has 1 aliphatic rings. The van der Waals surface area contributed by atoms with Crippen molar-refractivity contribution >= 4 is 0 Å². The molecule has 1 atom stereocenters. The molecule has 0 radical (unpaired) electrons. The van der Waals surface area contributed by atoms with E-state index in [1.54, 1.807) is 0 Å². The molecular formula is C18H30N2O. The Morgan fingerprint density at radius 3 is 3.05 bits per heavy atom. The largest absolute Gasteiger partial charge is 0.492 e. The Morgan fingerprint density at radius 1 is 1.29 bits per heavy atom. The molecule has 3 nitrogen and oxygen atoms in total. The van der Waals surface area contributed by atoms with E-state index in [1.807, 2.05) is 0 Å². The second-order valence-electron chi connectivity index (χ2n) is 6.01. The van der Waals surface area contributed by atoms with Gasteiger partial charge >= 0.3 is 0 Å². The van der Waals surface area contributed by atoms with Crippen LogP contribution in [0.1, 0.15) is 45.1 Å². The summed E-state index contributed by atoms with van der Waals surface area (Å²) < 4.78 is 5.95. The maximum absolute atomic E-state index is 5.95. The summed E-state index contributed by atoms with van der Waals surface area (Å²) in [5, 5.41) is 3.35. The molecule has 0 saturated carbocycles. The van der Waals surface area contributed by atoms with Crippen molar-refractivity contribution < 1.29 is 4.74 Å². The standard InChI is InChI=1S/C18H30N2O/c1-3-19-15-17-9-7-10-18(14-17)21-13-12-20-11-6-4-5-8-16(20)2/h7,9-10,14,16,19H,3-6,8,11-13,15H2,1-2H3. The zero-order chi connectivity index (χ0) is 14.9. The van der Waals surface area contributed by atoms with Crippen molar-refractivity contribution in [2.24, 2.45) is 0 Å². The summed E-state index contributed by atoms with van der Waals surface area (Å²) in [7, 11) is 0. The lowest BCUT2D eigenvalue weighted by molar-refractivity contribution is 0.170. The van der Waals surface area contributed by atoms with E-state index in [0.717, 1.165) is 32.0 Å². The first kappa shape index (κ1) is 16.3. The van der Waals surface area contributed by atoms with Gasteiger partial charge in [0.15, 0.2) is 0 Å². The van der Waals surface area contributed by atoms with E-state index in [0.29, 0.717) is 6.04 Å². The molecule has 1 unspecified atom stereocenters. The van der Waals surface area contributed by atoms with Gasteiger partial charge in [-0.15, -0.1) is 0 Å². The molecule has 1 N–H and O–H groups in total. The summed E-state index contributed by atoms with van der Waals surface area (Å²) in [6.45, 7) is 9.44. The number of hydrogen-bond donors (Lipinski definition) is 1. The number of ether oxygens (including phenoxy) is 1. The molecule has 0 amide bonds. The fourth-order valence-corrected chi connectivity index (χ4v) is 2.96. The zero-order valence-corrected chi connectivity index (χ0v) is 13.6. The molecule has 0 spiro atoms. The molecule has 118 valence electrons. The average molecular weight is 290 g/mol. The lowest BCUT2D eigenvalue weighted by atomic mass is 10.1. The van der Waals surface area contributed by atoms with Crippen LogP contribution < -0.4 is 10.1 Å². The van der Waals surface area contributed by atoms with Crippen molar-refractivity contribution in [1.29, 1.82) is 0 Å². The third kappa shape index (κ3) is 5.68. The number of nitrogens with zero attached hydrogens (tertiary/aromatic N) is 1. The van der Waals surface area contributed by atoms with Gasteiger partial charge < -0.3 is 10.1 Å². The molecule has 1 fully saturated rings. The predicted octanol–water partition coefficient (Wildman–Crippen LogP) is 3.44. The molecule has 2 rings (SSSR count). The predicted molar refractivity (Wildman–Crippen MR) is 88.8 cm³/mol. The van der Waals surface area contributed by atoms with Gasteiger partial charge in [0.05, 0.1) is 0 Å². The molecule has 1 heterocycles. The van der Waals surface area contributed by atoms with E-state index in [1.165, 1.54) is 37.8 Å². The van der Waals surface area contributed by atoms with Crippen LogP contribution in [0.4, 0.5) is 0 Å². The minimum Gasteiger partial charge on any atom is -0.492 e. The van der Waals surface area contributed by atoms with Gasteiger partial charge in [-0.2, -0.15) is 0 Å². The fraction of sp³-hybridized carbons (Fsp3) is 0.667. The second kappa shape index (κ2) is 9.06. The van der Waals surface area contributed by atoms with Crippen LogP contribution in [0.3, 0.4) is 0 Å². The van der Waals surface area contributed by atoms with Crippen LogP contribution >= 0.6 is 0 Å². The molecular weight excluding hydrogens is 260 g/mol. The third-order valence-corrected chi connectivity index (χ3v) is 4.32. The normalized spacial score (nSPS) is 20.2. The summed E-state index contributed by atoms with van der Waals surface area (Å²) in [6.07, 6.45) is 5.43. The van der Waals surface area contributed by atoms with Gasteiger partial charge in [-0.25, -0.2) is 0 Å². The van der Waals surface area contributed by atoms with Crippen LogP contribution in [0, 0.1) is 0 Å². The van der Waals surface area contributed by atoms with Gasteiger partial charge in [0, 0.05) is 19.1 Å². The third-order valence-electron chi connectivity index (χ3n) is 4.32. The van der Waals surface area contributed by atoms with Gasteiger partial charge in [0.1, 0.15) is 12.4 Å². The summed E-state index contributed by atoms with van der Waals surface area (Å²) in [5.74, 6) is 0.993. The van der Waals surface area contributed by atoms with Crippen LogP contribution in [0.25, 0.3) is 0 Å². The van der Waals surface area contributed by atoms with E-state index in [9.17, 15) is 0 Å². The van der Waals surface area contributed by atoms with E-state index >= 15 is 0 Å². The van der Waals surface area contributed by atoms with Crippen molar-refractivity contribution in [3.05, 3.63) is 29.8 Å². The van der Waals surface area contributed by atoms with Crippen LogP contribution in [-0.2, 0) is 6.54 Å². The second-order valence-corrected chi connectivity index (χ2v) is 6.01. The van der Waals surface area contributed by atoms with Gasteiger partial charge in [0.2, 0.25) is 0 Å². The highest BCUT2D eigenvalue weighted by atomic mass is 16.5. The molecule has 0 aliphatic carbocycles. The van der Waals surface area contributed by atoms with Crippen molar-refractivity contribution in [2.45, 2.75) is 52.1 Å². The van der Waals surface area contributed by atoms with E-state index in [4.69, 9.17) is 4.74 Å². The first-order valence-corrected chi connectivity index (χ1v) is 8.46. The highest BCUT2D eigenvalue weighted by Gasteiger charge is 2.16. The van der Waals surface area contributed by atoms with Crippen molar-refractivity contribution in [2.75, 3.05) is 26.2 Å². The molecule has 0 bridgehead atoms. The van der Waals surface area contributed by atoms with Crippen molar-refractivity contribution in [1.82, 2.24) is 10.2 Å². The topological polar surface area (TPSA) is 24.5 Å². The summed E-state index contributed by atoms with van der Waals surface area (Å²) in [4.78, 5) is 2.58. The smallest absolute Gasteiger partial charge is 0.119 e. The molecule has 3 heteroatoms. The van der Waals surface area contributed by atoms with Gasteiger partial charge in [-0.3, -0.25) is 4.90 Å². The van der Waals surface area contributed by atoms with Crippen LogP contribution in [0.15, 0.2) is 24.3 Å². The fourth-order valence-electron chi connectivity index (χ4n) is 2.96. The quantitative estimate of drug-likeness (QED) is 0.832. The zero-order valence-electron chi connectivity index (χ0n) is 13.6. The lowest BCUT2D eigenvalue weighted by Gasteiger charge is -2.26.